The Hall–Kier alpha value is -0.120. The fourth-order valence-electron chi connectivity index (χ4n) is 2.18. The van der Waals surface area contributed by atoms with Crippen molar-refractivity contribution in [1.82, 2.24) is 10.2 Å². The van der Waals surface area contributed by atoms with Crippen LogP contribution in [-0.4, -0.2) is 50.3 Å². The second-order valence-electron chi connectivity index (χ2n) is 5.11. The van der Waals surface area contributed by atoms with Crippen molar-refractivity contribution in [3.8, 4) is 0 Å². The minimum absolute atomic E-state index is 0.269. The van der Waals surface area contributed by atoms with Crippen LogP contribution in [0.25, 0.3) is 0 Å². The monoisotopic (exact) mass is 200 g/mol. The van der Waals surface area contributed by atoms with Crippen LogP contribution in [0, 0.1) is 5.92 Å². The van der Waals surface area contributed by atoms with Crippen LogP contribution in [0.1, 0.15) is 20.8 Å². The van der Waals surface area contributed by atoms with Crippen molar-refractivity contribution in [3.05, 3.63) is 0 Å². The highest BCUT2D eigenvalue weighted by molar-refractivity contribution is 4.86. The summed E-state index contributed by atoms with van der Waals surface area (Å²) >= 11 is 0. The third-order valence-electron chi connectivity index (χ3n) is 2.67. The number of hydrogen-bond acceptors (Lipinski definition) is 3. The largest absolute Gasteiger partial charge is 0.384 e. The second kappa shape index (κ2) is 5.10. The highest BCUT2D eigenvalue weighted by Crippen LogP contribution is 2.11. The summed E-state index contributed by atoms with van der Waals surface area (Å²) in [6.07, 6.45) is 0. The van der Waals surface area contributed by atoms with E-state index >= 15 is 0 Å². The van der Waals surface area contributed by atoms with Gasteiger partial charge in [0.05, 0.1) is 0 Å². The molecule has 0 aromatic heterocycles. The van der Waals surface area contributed by atoms with E-state index in [2.05, 4.69) is 31.0 Å². The summed E-state index contributed by atoms with van der Waals surface area (Å²) in [4.78, 5) is 2.53. The SMILES string of the molecule is COCC(C)CN1CCNC(C)(C)C1. The molecule has 0 saturated carbocycles. The Morgan fingerprint density at radius 2 is 2.21 bits per heavy atom. The van der Waals surface area contributed by atoms with E-state index in [4.69, 9.17) is 4.74 Å². The van der Waals surface area contributed by atoms with Crippen LogP contribution in [0.5, 0.6) is 0 Å². The van der Waals surface area contributed by atoms with Crippen molar-refractivity contribution in [1.29, 1.82) is 0 Å². The summed E-state index contributed by atoms with van der Waals surface area (Å²) in [5.74, 6) is 0.633. The molecule has 0 aromatic rings. The Morgan fingerprint density at radius 3 is 2.79 bits per heavy atom. The van der Waals surface area contributed by atoms with Gasteiger partial charge < -0.3 is 10.1 Å². The molecule has 0 radical (unpaired) electrons. The fourth-order valence-corrected chi connectivity index (χ4v) is 2.18. The molecular formula is C11H24N2O. The molecule has 0 bridgehead atoms. The standard InChI is InChI=1S/C11H24N2O/c1-10(8-14-4)7-13-6-5-12-11(2,3)9-13/h10,12H,5-9H2,1-4H3. The first-order valence-corrected chi connectivity index (χ1v) is 5.50. The van der Waals surface area contributed by atoms with E-state index in [0.29, 0.717) is 5.92 Å². The van der Waals surface area contributed by atoms with E-state index in [1.54, 1.807) is 7.11 Å². The van der Waals surface area contributed by atoms with Gasteiger partial charge in [0.25, 0.3) is 0 Å². The van der Waals surface area contributed by atoms with Gasteiger partial charge in [-0.25, -0.2) is 0 Å². The first-order chi connectivity index (χ1) is 6.53. The molecule has 1 fully saturated rings. The topological polar surface area (TPSA) is 24.5 Å². The zero-order chi connectivity index (χ0) is 10.6. The Bertz CT molecular complexity index is 171. The first kappa shape index (κ1) is 12.0. The van der Waals surface area contributed by atoms with Crippen LogP contribution in [0.2, 0.25) is 0 Å². The van der Waals surface area contributed by atoms with E-state index < -0.39 is 0 Å². The highest BCUT2D eigenvalue weighted by atomic mass is 16.5. The number of ether oxygens (including phenoxy) is 1. The molecule has 1 aliphatic rings. The molecule has 0 aromatic carbocycles. The number of rotatable bonds is 4. The van der Waals surface area contributed by atoms with Crippen LogP contribution >= 0.6 is 0 Å². The van der Waals surface area contributed by atoms with Crippen molar-refractivity contribution in [3.63, 3.8) is 0 Å². The zero-order valence-electron chi connectivity index (χ0n) is 9.97. The van der Waals surface area contributed by atoms with Gasteiger partial charge in [-0.15, -0.1) is 0 Å². The third kappa shape index (κ3) is 3.95. The summed E-state index contributed by atoms with van der Waals surface area (Å²) in [6.45, 7) is 12.2. The number of hydrogen-bond donors (Lipinski definition) is 1. The summed E-state index contributed by atoms with van der Waals surface area (Å²) in [5.41, 5.74) is 0.269. The normalized spacial score (nSPS) is 24.9. The van der Waals surface area contributed by atoms with Crippen molar-refractivity contribution < 1.29 is 4.74 Å². The van der Waals surface area contributed by atoms with Crippen LogP contribution in [0.3, 0.4) is 0 Å². The van der Waals surface area contributed by atoms with Gasteiger partial charge in [0.2, 0.25) is 0 Å². The van der Waals surface area contributed by atoms with Crippen LogP contribution in [0.4, 0.5) is 0 Å². The van der Waals surface area contributed by atoms with E-state index in [1.807, 2.05) is 0 Å². The molecule has 1 aliphatic heterocycles. The Balaban J connectivity index is 2.30. The van der Waals surface area contributed by atoms with E-state index in [0.717, 1.165) is 32.8 Å². The molecule has 3 heteroatoms. The summed E-state index contributed by atoms with van der Waals surface area (Å²) in [5, 5.41) is 3.52. The van der Waals surface area contributed by atoms with Crippen molar-refractivity contribution in [2.45, 2.75) is 26.3 Å². The molecule has 1 unspecified atom stereocenters. The molecular weight excluding hydrogens is 176 g/mol. The minimum Gasteiger partial charge on any atom is -0.384 e. The van der Waals surface area contributed by atoms with Crippen LogP contribution in [-0.2, 0) is 4.74 Å². The lowest BCUT2D eigenvalue weighted by Crippen LogP contribution is -2.57. The van der Waals surface area contributed by atoms with Crippen LogP contribution in [0.15, 0.2) is 0 Å². The average molecular weight is 200 g/mol. The van der Waals surface area contributed by atoms with Gasteiger partial charge in [-0.05, 0) is 19.8 Å². The predicted molar refractivity (Wildman–Crippen MR) is 59.6 cm³/mol. The van der Waals surface area contributed by atoms with E-state index in [-0.39, 0.29) is 5.54 Å². The molecule has 1 heterocycles. The first-order valence-electron chi connectivity index (χ1n) is 5.50. The zero-order valence-corrected chi connectivity index (χ0v) is 9.97. The molecule has 0 spiro atoms. The molecule has 1 atom stereocenters. The Kier molecular flexibility index (Phi) is 4.35. The van der Waals surface area contributed by atoms with Gasteiger partial charge >= 0.3 is 0 Å². The maximum atomic E-state index is 5.15. The van der Waals surface area contributed by atoms with Gasteiger partial charge in [0.1, 0.15) is 0 Å². The van der Waals surface area contributed by atoms with E-state index in [9.17, 15) is 0 Å². The highest BCUT2D eigenvalue weighted by Gasteiger charge is 2.26. The van der Waals surface area contributed by atoms with Crippen molar-refractivity contribution in [2.75, 3.05) is 39.9 Å². The molecule has 84 valence electrons. The summed E-state index contributed by atoms with van der Waals surface area (Å²) < 4.78 is 5.15. The molecule has 1 saturated heterocycles. The molecule has 0 aliphatic carbocycles. The summed E-state index contributed by atoms with van der Waals surface area (Å²) in [6, 6.07) is 0. The number of piperazine rings is 1. The minimum atomic E-state index is 0.269. The van der Waals surface area contributed by atoms with Crippen LogP contribution < -0.4 is 5.32 Å². The molecule has 14 heavy (non-hydrogen) atoms. The van der Waals surface area contributed by atoms with Gasteiger partial charge in [-0.3, -0.25) is 4.90 Å². The van der Waals surface area contributed by atoms with Crippen molar-refractivity contribution in [2.24, 2.45) is 5.92 Å². The van der Waals surface area contributed by atoms with Gasteiger partial charge in [-0.1, -0.05) is 6.92 Å². The van der Waals surface area contributed by atoms with E-state index in [1.165, 1.54) is 0 Å². The van der Waals surface area contributed by atoms with Gasteiger partial charge in [0.15, 0.2) is 0 Å². The number of nitrogens with one attached hydrogen (secondary N) is 1. The maximum absolute atomic E-state index is 5.15. The molecule has 1 N–H and O–H groups in total. The molecule has 3 nitrogen and oxygen atoms in total. The lowest BCUT2D eigenvalue weighted by Gasteiger charge is -2.40. The van der Waals surface area contributed by atoms with Gasteiger partial charge in [0, 0.05) is 45.4 Å². The fraction of sp³-hybridized carbons (Fsp3) is 1.00. The predicted octanol–water partition coefficient (Wildman–Crippen LogP) is 0.953. The molecule has 0 amide bonds. The quantitative estimate of drug-likeness (QED) is 0.731. The molecule has 1 rings (SSSR count). The maximum Gasteiger partial charge on any atom is 0.0500 e. The number of methoxy groups -OCH3 is 1. The Morgan fingerprint density at radius 1 is 1.50 bits per heavy atom. The lowest BCUT2D eigenvalue weighted by molar-refractivity contribution is 0.0986. The van der Waals surface area contributed by atoms with Crippen molar-refractivity contribution >= 4 is 0 Å². The summed E-state index contributed by atoms with van der Waals surface area (Å²) in [7, 11) is 1.78. The third-order valence-corrected chi connectivity index (χ3v) is 2.67. The Labute approximate surface area is 87.8 Å². The second-order valence-corrected chi connectivity index (χ2v) is 5.11. The smallest absolute Gasteiger partial charge is 0.0500 e. The van der Waals surface area contributed by atoms with Gasteiger partial charge in [-0.2, -0.15) is 0 Å². The average Bonchev–Trinajstić information content (AvgIpc) is 2.02. The lowest BCUT2D eigenvalue weighted by atomic mass is 10.0. The number of nitrogens with zero attached hydrogens (tertiary/aromatic N) is 1.